The Labute approximate surface area is 85.4 Å². The topological polar surface area (TPSA) is 24.9 Å². The highest BCUT2D eigenvalue weighted by atomic mass is 79.9. The Morgan fingerprint density at radius 2 is 2.42 bits per heavy atom. The van der Waals surface area contributed by atoms with Gasteiger partial charge in [-0.25, -0.2) is 4.98 Å². The third-order valence-electron chi connectivity index (χ3n) is 1.31. The predicted molar refractivity (Wildman–Crippen MR) is 56.9 cm³/mol. The first-order valence-electron chi connectivity index (χ1n) is 3.78. The molecule has 0 aliphatic rings. The molecule has 12 heavy (non-hydrogen) atoms. The molecule has 0 spiro atoms. The summed E-state index contributed by atoms with van der Waals surface area (Å²) in [5, 5.41) is 0. The summed E-state index contributed by atoms with van der Waals surface area (Å²) in [6, 6.07) is 4.01. The maximum atomic E-state index is 4.13. The van der Waals surface area contributed by atoms with Gasteiger partial charge in [-0.2, -0.15) is 0 Å². The van der Waals surface area contributed by atoms with Crippen LogP contribution in [0.2, 0.25) is 0 Å². The second-order valence-corrected chi connectivity index (χ2v) is 4.21. The van der Waals surface area contributed by atoms with E-state index in [0.29, 0.717) is 0 Å². The molecule has 1 heterocycles. The van der Waals surface area contributed by atoms with Crippen LogP contribution in [0.4, 0.5) is 0 Å². The van der Waals surface area contributed by atoms with Gasteiger partial charge in [-0.1, -0.05) is 24.9 Å². The zero-order chi connectivity index (χ0) is 8.81. The molecular formula is C8H11BrN2S. The van der Waals surface area contributed by atoms with Crippen molar-refractivity contribution in [2.24, 2.45) is 0 Å². The minimum atomic E-state index is 0.874. The lowest BCUT2D eigenvalue weighted by atomic mass is 10.3. The lowest BCUT2D eigenvalue weighted by Gasteiger charge is -2.01. The maximum Gasteiger partial charge on any atom is 0.106 e. The van der Waals surface area contributed by atoms with Gasteiger partial charge >= 0.3 is 0 Å². The molecule has 66 valence electrons. The van der Waals surface area contributed by atoms with Gasteiger partial charge in [0.05, 0.1) is 0 Å². The summed E-state index contributed by atoms with van der Waals surface area (Å²) < 4.78 is 4.12. The molecule has 1 rings (SSSR count). The van der Waals surface area contributed by atoms with Gasteiger partial charge < -0.3 is 0 Å². The standard InChI is InChI=1S/C8H11BrN2S/c1-2-12-11-6-7-3-4-8(9)10-5-7/h3-5,11H,2,6H2,1H3. The van der Waals surface area contributed by atoms with Crippen molar-refractivity contribution < 1.29 is 0 Å². The number of hydrogen-bond donors (Lipinski definition) is 1. The second kappa shape index (κ2) is 5.56. The predicted octanol–water partition coefficient (Wildman–Crippen LogP) is 2.60. The highest BCUT2D eigenvalue weighted by molar-refractivity contribution is 9.10. The van der Waals surface area contributed by atoms with Crippen LogP contribution in [0.1, 0.15) is 12.5 Å². The van der Waals surface area contributed by atoms with E-state index in [1.807, 2.05) is 12.3 Å². The van der Waals surface area contributed by atoms with Crippen molar-refractivity contribution in [2.75, 3.05) is 5.75 Å². The molecule has 1 N–H and O–H groups in total. The summed E-state index contributed by atoms with van der Waals surface area (Å²) in [5.74, 6) is 1.09. The van der Waals surface area contributed by atoms with Crippen molar-refractivity contribution in [2.45, 2.75) is 13.5 Å². The van der Waals surface area contributed by atoms with Crippen LogP contribution < -0.4 is 4.72 Å². The number of halogens is 1. The van der Waals surface area contributed by atoms with Gasteiger partial charge in [0.2, 0.25) is 0 Å². The van der Waals surface area contributed by atoms with Crippen molar-refractivity contribution in [3.05, 3.63) is 28.5 Å². The fourth-order valence-corrected chi connectivity index (χ4v) is 1.45. The van der Waals surface area contributed by atoms with E-state index in [1.54, 1.807) is 11.9 Å². The molecule has 0 unspecified atom stereocenters. The molecule has 0 saturated carbocycles. The van der Waals surface area contributed by atoms with Gasteiger partial charge in [0.15, 0.2) is 0 Å². The fraction of sp³-hybridized carbons (Fsp3) is 0.375. The van der Waals surface area contributed by atoms with Crippen molar-refractivity contribution in [1.29, 1.82) is 0 Å². The molecule has 4 heteroatoms. The first kappa shape index (κ1) is 10.0. The summed E-state index contributed by atoms with van der Waals surface area (Å²) in [7, 11) is 0. The summed E-state index contributed by atoms with van der Waals surface area (Å²) in [5.41, 5.74) is 1.21. The lowest BCUT2D eigenvalue weighted by molar-refractivity contribution is 0.960. The van der Waals surface area contributed by atoms with E-state index in [-0.39, 0.29) is 0 Å². The minimum Gasteiger partial charge on any atom is -0.260 e. The Morgan fingerprint density at radius 3 is 3.00 bits per heavy atom. The van der Waals surface area contributed by atoms with E-state index in [1.165, 1.54) is 5.56 Å². The fourth-order valence-electron chi connectivity index (χ4n) is 0.747. The number of nitrogens with one attached hydrogen (secondary N) is 1. The molecule has 0 saturated heterocycles. The highest BCUT2D eigenvalue weighted by Gasteiger charge is 1.92. The van der Waals surface area contributed by atoms with Gasteiger partial charge in [0, 0.05) is 18.5 Å². The zero-order valence-electron chi connectivity index (χ0n) is 6.88. The Morgan fingerprint density at radius 1 is 1.58 bits per heavy atom. The monoisotopic (exact) mass is 246 g/mol. The second-order valence-electron chi connectivity index (χ2n) is 2.24. The summed E-state index contributed by atoms with van der Waals surface area (Å²) in [6.07, 6.45) is 1.87. The highest BCUT2D eigenvalue weighted by Crippen LogP contribution is 2.06. The molecule has 0 amide bonds. The normalized spacial score (nSPS) is 10.2. The van der Waals surface area contributed by atoms with E-state index in [0.717, 1.165) is 16.9 Å². The van der Waals surface area contributed by atoms with Gasteiger partial charge in [-0.05, 0) is 27.6 Å². The number of pyridine rings is 1. The van der Waals surface area contributed by atoms with Crippen molar-refractivity contribution >= 4 is 27.9 Å². The van der Waals surface area contributed by atoms with Gasteiger partial charge in [0.25, 0.3) is 0 Å². The first-order valence-corrected chi connectivity index (χ1v) is 5.56. The summed E-state index contributed by atoms with van der Waals surface area (Å²) in [4.78, 5) is 4.13. The molecular weight excluding hydrogens is 236 g/mol. The number of nitrogens with zero attached hydrogens (tertiary/aromatic N) is 1. The van der Waals surface area contributed by atoms with Gasteiger partial charge in [0.1, 0.15) is 4.60 Å². The Kier molecular flexibility index (Phi) is 4.65. The van der Waals surface area contributed by atoms with Crippen LogP contribution in [0.25, 0.3) is 0 Å². The van der Waals surface area contributed by atoms with Crippen molar-refractivity contribution in [1.82, 2.24) is 9.71 Å². The van der Waals surface area contributed by atoms with Crippen LogP contribution in [0.3, 0.4) is 0 Å². The molecule has 0 aromatic carbocycles. The third kappa shape index (κ3) is 3.56. The molecule has 1 aromatic heterocycles. The molecule has 0 atom stereocenters. The Balaban J connectivity index is 2.37. The van der Waals surface area contributed by atoms with E-state index in [9.17, 15) is 0 Å². The molecule has 1 aromatic rings. The number of aromatic nitrogens is 1. The zero-order valence-corrected chi connectivity index (χ0v) is 9.28. The van der Waals surface area contributed by atoms with E-state index < -0.39 is 0 Å². The van der Waals surface area contributed by atoms with Crippen LogP contribution in [-0.2, 0) is 6.54 Å². The largest absolute Gasteiger partial charge is 0.260 e. The van der Waals surface area contributed by atoms with Crippen molar-refractivity contribution in [3.8, 4) is 0 Å². The lowest BCUT2D eigenvalue weighted by Crippen LogP contribution is -2.03. The molecule has 0 bridgehead atoms. The average Bonchev–Trinajstić information content (AvgIpc) is 2.09. The van der Waals surface area contributed by atoms with Crippen LogP contribution >= 0.6 is 27.9 Å². The quantitative estimate of drug-likeness (QED) is 0.503. The van der Waals surface area contributed by atoms with Crippen LogP contribution in [-0.4, -0.2) is 10.7 Å². The maximum absolute atomic E-state index is 4.13. The van der Waals surface area contributed by atoms with E-state index in [4.69, 9.17) is 0 Å². The Bertz CT molecular complexity index is 225. The van der Waals surface area contributed by atoms with E-state index >= 15 is 0 Å². The SMILES string of the molecule is CCSNCc1ccc(Br)nc1. The third-order valence-corrected chi connectivity index (χ3v) is 2.42. The van der Waals surface area contributed by atoms with Crippen LogP contribution in [0.5, 0.6) is 0 Å². The van der Waals surface area contributed by atoms with Gasteiger partial charge in [-0.3, -0.25) is 4.72 Å². The first-order chi connectivity index (χ1) is 5.83. The number of rotatable bonds is 4. The molecule has 0 fully saturated rings. The summed E-state index contributed by atoms with van der Waals surface area (Å²) in [6.45, 7) is 3.00. The smallest absolute Gasteiger partial charge is 0.106 e. The average molecular weight is 247 g/mol. The van der Waals surface area contributed by atoms with Crippen LogP contribution in [0.15, 0.2) is 22.9 Å². The number of hydrogen-bond acceptors (Lipinski definition) is 3. The Hall–Kier alpha value is -0.0600. The van der Waals surface area contributed by atoms with Gasteiger partial charge in [-0.15, -0.1) is 0 Å². The molecule has 0 aliphatic carbocycles. The summed E-state index contributed by atoms with van der Waals surface area (Å²) >= 11 is 5.01. The van der Waals surface area contributed by atoms with Crippen molar-refractivity contribution in [3.63, 3.8) is 0 Å². The minimum absolute atomic E-state index is 0.874. The molecule has 2 nitrogen and oxygen atoms in total. The van der Waals surface area contributed by atoms with E-state index in [2.05, 4.69) is 38.6 Å². The van der Waals surface area contributed by atoms with Crippen LogP contribution in [0, 0.1) is 0 Å². The molecule has 0 aliphatic heterocycles. The molecule has 0 radical (unpaired) electrons.